The first-order valence-electron chi connectivity index (χ1n) is 5.70. The van der Waals surface area contributed by atoms with Crippen molar-refractivity contribution >= 4 is 9.84 Å². The summed E-state index contributed by atoms with van der Waals surface area (Å²) in [5.41, 5.74) is 5.80. The van der Waals surface area contributed by atoms with E-state index >= 15 is 0 Å². The molecule has 0 spiro atoms. The molecule has 1 fully saturated rings. The summed E-state index contributed by atoms with van der Waals surface area (Å²) in [6.45, 7) is 0. The summed E-state index contributed by atoms with van der Waals surface area (Å²) in [6.07, 6.45) is 4.78. The lowest BCUT2D eigenvalue weighted by Gasteiger charge is -2.04. The molecule has 1 unspecified atom stereocenters. The second-order valence-corrected chi connectivity index (χ2v) is 6.98. The number of nitrogens with zero attached hydrogens (tertiary/aromatic N) is 2. The monoisotopic (exact) mass is 259 g/mol. The lowest BCUT2D eigenvalue weighted by Crippen LogP contribution is -2.16. The van der Waals surface area contributed by atoms with Crippen molar-refractivity contribution in [2.75, 3.05) is 12.0 Å². The first-order chi connectivity index (χ1) is 7.94. The van der Waals surface area contributed by atoms with E-state index in [0.717, 1.165) is 6.42 Å². The van der Waals surface area contributed by atoms with Gasteiger partial charge < -0.3 is 10.3 Å². The Balaban J connectivity index is 1.89. The summed E-state index contributed by atoms with van der Waals surface area (Å²) >= 11 is 0. The molecule has 2 N–H and O–H groups in total. The van der Waals surface area contributed by atoms with Crippen LogP contribution in [0.4, 0.5) is 0 Å². The normalized spacial score (nSPS) is 18.2. The quantitative estimate of drug-likeness (QED) is 0.796. The highest BCUT2D eigenvalue weighted by Gasteiger charge is 2.25. The molecule has 0 saturated heterocycles. The molecule has 0 aromatic carbocycles. The summed E-state index contributed by atoms with van der Waals surface area (Å²) in [6, 6.07) is -0.495. The summed E-state index contributed by atoms with van der Waals surface area (Å²) in [4.78, 5) is 4.19. The molecule has 96 valence electrons. The van der Waals surface area contributed by atoms with Gasteiger partial charge in [0, 0.05) is 12.7 Å². The molecule has 1 atom stereocenters. The summed E-state index contributed by atoms with van der Waals surface area (Å²) in [5, 5.41) is 3.85. The first kappa shape index (κ1) is 12.5. The molecule has 1 saturated carbocycles. The van der Waals surface area contributed by atoms with Crippen LogP contribution in [0.1, 0.15) is 37.0 Å². The molecule has 0 aliphatic heterocycles. The molecule has 17 heavy (non-hydrogen) atoms. The fourth-order valence-corrected chi connectivity index (χ4v) is 2.23. The van der Waals surface area contributed by atoms with Crippen molar-refractivity contribution in [3.63, 3.8) is 0 Å². The highest BCUT2D eigenvalue weighted by atomic mass is 32.2. The standard InChI is InChI=1S/C10H17N3O3S/c1-17(14,15)5-4-8(11)10-12-9(13-16-10)6-7-2-3-7/h7-8H,2-6,11H2,1H3. The zero-order chi connectivity index (χ0) is 12.5. The Morgan fingerprint density at radius 1 is 1.53 bits per heavy atom. The first-order valence-corrected chi connectivity index (χ1v) is 7.76. The van der Waals surface area contributed by atoms with Gasteiger partial charge in [0.15, 0.2) is 5.82 Å². The smallest absolute Gasteiger partial charge is 0.243 e. The third-order valence-electron chi connectivity index (χ3n) is 2.77. The molecular formula is C10H17N3O3S. The van der Waals surface area contributed by atoms with Gasteiger partial charge in [-0.1, -0.05) is 5.16 Å². The number of sulfone groups is 1. The van der Waals surface area contributed by atoms with Crippen molar-refractivity contribution in [1.82, 2.24) is 10.1 Å². The van der Waals surface area contributed by atoms with Crippen LogP contribution in [0.15, 0.2) is 4.52 Å². The number of hydrogen-bond donors (Lipinski definition) is 1. The lowest BCUT2D eigenvalue weighted by atomic mass is 10.2. The van der Waals surface area contributed by atoms with Gasteiger partial charge in [0.1, 0.15) is 9.84 Å². The van der Waals surface area contributed by atoms with E-state index in [1.165, 1.54) is 19.1 Å². The molecular weight excluding hydrogens is 242 g/mol. The lowest BCUT2D eigenvalue weighted by molar-refractivity contribution is 0.348. The predicted molar refractivity (Wildman–Crippen MR) is 62.0 cm³/mol. The molecule has 1 aromatic rings. The van der Waals surface area contributed by atoms with Crippen LogP contribution in [-0.2, 0) is 16.3 Å². The van der Waals surface area contributed by atoms with Gasteiger partial charge in [-0.15, -0.1) is 0 Å². The van der Waals surface area contributed by atoms with Crippen molar-refractivity contribution in [2.24, 2.45) is 11.7 Å². The predicted octanol–water partition coefficient (Wildman–Crippen LogP) is 0.457. The van der Waals surface area contributed by atoms with Crippen LogP contribution in [0.25, 0.3) is 0 Å². The Bertz CT molecular complexity index is 479. The average molecular weight is 259 g/mol. The molecule has 0 bridgehead atoms. The van der Waals surface area contributed by atoms with Crippen molar-refractivity contribution in [2.45, 2.75) is 31.7 Å². The van der Waals surface area contributed by atoms with Crippen molar-refractivity contribution in [3.05, 3.63) is 11.7 Å². The Kier molecular flexibility index (Phi) is 3.48. The zero-order valence-electron chi connectivity index (χ0n) is 9.80. The van der Waals surface area contributed by atoms with E-state index in [-0.39, 0.29) is 5.75 Å². The van der Waals surface area contributed by atoms with Crippen LogP contribution in [0.5, 0.6) is 0 Å². The minimum Gasteiger partial charge on any atom is -0.338 e. The van der Waals surface area contributed by atoms with E-state index in [4.69, 9.17) is 10.3 Å². The van der Waals surface area contributed by atoms with E-state index in [2.05, 4.69) is 10.1 Å². The fourth-order valence-electron chi connectivity index (χ4n) is 1.55. The maximum atomic E-state index is 11.0. The summed E-state index contributed by atoms with van der Waals surface area (Å²) < 4.78 is 27.0. The maximum absolute atomic E-state index is 11.0. The van der Waals surface area contributed by atoms with E-state index in [1.807, 2.05) is 0 Å². The molecule has 7 heteroatoms. The van der Waals surface area contributed by atoms with Gasteiger partial charge in [-0.3, -0.25) is 0 Å². The number of aromatic nitrogens is 2. The van der Waals surface area contributed by atoms with E-state index in [9.17, 15) is 8.42 Å². The van der Waals surface area contributed by atoms with Gasteiger partial charge in [0.25, 0.3) is 0 Å². The van der Waals surface area contributed by atoms with Gasteiger partial charge in [0.05, 0.1) is 11.8 Å². The molecule has 0 radical (unpaired) electrons. The zero-order valence-corrected chi connectivity index (χ0v) is 10.6. The summed E-state index contributed by atoms with van der Waals surface area (Å²) in [5.74, 6) is 1.74. The van der Waals surface area contributed by atoms with Crippen LogP contribution < -0.4 is 5.73 Å². The van der Waals surface area contributed by atoms with Gasteiger partial charge in [-0.25, -0.2) is 8.42 Å². The van der Waals surface area contributed by atoms with Crippen LogP contribution in [-0.4, -0.2) is 30.6 Å². The van der Waals surface area contributed by atoms with E-state index < -0.39 is 15.9 Å². The van der Waals surface area contributed by atoms with Crippen LogP contribution in [0, 0.1) is 5.92 Å². The Labute approximate surface area is 100 Å². The highest BCUT2D eigenvalue weighted by Crippen LogP contribution is 2.31. The van der Waals surface area contributed by atoms with Crippen molar-refractivity contribution < 1.29 is 12.9 Å². The molecule has 2 rings (SSSR count). The fraction of sp³-hybridized carbons (Fsp3) is 0.800. The van der Waals surface area contributed by atoms with Gasteiger partial charge in [0.2, 0.25) is 5.89 Å². The molecule has 0 amide bonds. The van der Waals surface area contributed by atoms with Gasteiger partial charge in [-0.05, 0) is 25.2 Å². The average Bonchev–Trinajstić information content (AvgIpc) is 2.90. The Morgan fingerprint density at radius 2 is 2.24 bits per heavy atom. The molecule has 6 nitrogen and oxygen atoms in total. The number of nitrogens with two attached hydrogens (primary N) is 1. The van der Waals surface area contributed by atoms with Gasteiger partial charge >= 0.3 is 0 Å². The molecule has 1 aromatic heterocycles. The third kappa shape index (κ3) is 4.08. The van der Waals surface area contributed by atoms with Crippen LogP contribution >= 0.6 is 0 Å². The van der Waals surface area contributed by atoms with Crippen LogP contribution in [0.3, 0.4) is 0 Å². The largest absolute Gasteiger partial charge is 0.338 e. The van der Waals surface area contributed by atoms with Gasteiger partial charge in [-0.2, -0.15) is 4.98 Å². The molecule has 1 aliphatic rings. The third-order valence-corrected chi connectivity index (χ3v) is 3.75. The highest BCUT2D eigenvalue weighted by molar-refractivity contribution is 7.90. The molecule has 1 aliphatic carbocycles. The summed E-state index contributed by atoms with van der Waals surface area (Å²) in [7, 11) is -3.00. The molecule has 1 heterocycles. The van der Waals surface area contributed by atoms with Crippen molar-refractivity contribution in [1.29, 1.82) is 0 Å². The SMILES string of the molecule is CS(=O)(=O)CCC(N)c1nc(CC2CC2)no1. The second kappa shape index (κ2) is 4.73. The minimum absolute atomic E-state index is 0.0362. The van der Waals surface area contributed by atoms with E-state index in [0.29, 0.717) is 24.1 Å². The maximum Gasteiger partial charge on any atom is 0.243 e. The Hall–Kier alpha value is -0.950. The second-order valence-electron chi connectivity index (χ2n) is 4.72. The minimum atomic E-state index is -3.00. The Morgan fingerprint density at radius 3 is 2.82 bits per heavy atom. The van der Waals surface area contributed by atoms with Crippen molar-refractivity contribution in [3.8, 4) is 0 Å². The van der Waals surface area contributed by atoms with Crippen LogP contribution in [0.2, 0.25) is 0 Å². The topological polar surface area (TPSA) is 99.1 Å². The number of hydrogen-bond acceptors (Lipinski definition) is 6. The number of rotatable bonds is 6. The van der Waals surface area contributed by atoms with E-state index in [1.54, 1.807) is 0 Å².